The van der Waals surface area contributed by atoms with E-state index in [2.05, 4.69) is 19.0 Å². The van der Waals surface area contributed by atoms with Crippen LogP contribution in [-0.2, 0) is 0 Å². The number of hydrogen-bond donors (Lipinski definition) is 2. The highest BCUT2D eigenvalue weighted by molar-refractivity contribution is 5.83. The largest absolute Gasteiger partial charge is 0.507 e. The maximum Gasteiger partial charge on any atom is 0.128 e. The number of aromatic hydroxyl groups is 1. The van der Waals surface area contributed by atoms with Gasteiger partial charge in [-0.2, -0.15) is 0 Å². The smallest absolute Gasteiger partial charge is 0.128 e. The molecule has 1 aromatic rings. The van der Waals surface area contributed by atoms with Gasteiger partial charge < -0.3 is 15.1 Å². The van der Waals surface area contributed by atoms with Crippen molar-refractivity contribution in [2.45, 2.75) is 39.5 Å². The Bertz CT molecular complexity index is 402. The second-order valence-electron chi connectivity index (χ2n) is 5.06. The summed E-state index contributed by atoms with van der Waals surface area (Å²) in [6.07, 6.45) is 5.87. The Balaban J connectivity index is 2.28. The van der Waals surface area contributed by atoms with Gasteiger partial charge in [0.05, 0.1) is 12.8 Å². The minimum atomic E-state index is 0.0510. The summed E-state index contributed by atoms with van der Waals surface area (Å²) >= 11 is 0. The number of unbranched alkanes of at least 4 members (excludes halogenated alkanes) is 2. The van der Waals surface area contributed by atoms with E-state index in [-0.39, 0.29) is 5.75 Å². The standard InChI is InChI=1S/C15H23NO3/c1-12(2)6-4-3-5-9-19-14-8-7-13(11-16-18)15(17)10-14/h7-8,10-12,17-18H,3-6,9H2,1-2H3. The molecule has 0 heterocycles. The van der Waals surface area contributed by atoms with Crippen molar-refractivity contribution in [1.82, 2.24) is 0 Å². The van der Waals surface area contributed by atoms with E-state index in [4.69, 9.17) is 9.94 Å². The number of benzene rings is 1. The Hall–Kier alpha value is -1.71. The number of nitrogens with zero attached hydrogens (tertiary/aromatic N) is 1. The van der Waals surface area contributed by atoms with Crippen molar-refractivity contribution in [3.8, 4) is 11.5 Å². The van der Waals surface area contributed by atoms with Gasteiger partial charge in [0.15, 0.2) is 0 Å². The van der Waals surface area contributed by atoms with E-state index in [1.807, 2.05) is 0 Å². The van der Waals surface area contributed by atoms with E-state index >= 15 is 0 Å². The molecule has 0 atom stereocenters. The van der Waals surface area contributed by atoms with E-state index in [0.717, 1.165) is 12.3 Å². The fourth-order valence-corrected chi connectivity index (χ4v) is 1.81. The molecule has 0 unspecified atom stereocenters. The molecule has 0 aliphatic rings. The van der Waals surface area contributed by atoms with Gasteiger partial charge in [0.25, 0.3) is 0 Å². The predicted molar refractivity (Wildman–Crippen MR) is 76.3 cm³/mol. The molecule has 0 aliphatic heterocycles. The van der Waals surface area contributed by atoms with Gasteiger partial charge in [-0.25, -0.2) is 0 Å². The number of hydrogen-bond acceptors (Lipinski definition) is 4. The van der Waals surface area contributed by atoms with Gasteiger partial charge in [0.2, 0.25) is 0 Å². The normalized spacial score (nSPS) is 11.3. The van der Waals surface area contributed by atoms with Crippen molar-refractivity contribution >= 4 is 6.21 Å². The molecule has 106 valence electrons. The van der Waals surface area contributed by atoms with Gasteiger partial charge in [-0.15, -0.1) is 0 Å². The second kappa shape index (κ2) is 8.40. The van der Waals surface area contributed by atoms with Crippen molar-refractivity contribution in [2.75, 3.05) is 6.61 Å². The van der Waals surface area contributed by atoms with Crippen LogP contribution in [0.5, 0.6) is 11.5 Å². The van der Waals surface area contributed by atoms with Gasteiger partial charge in [-0.3, -0.25) is 0 Å². The summed E-state index contributed by atoms with van der Waals surface area (Å²) < 4.78 is 5.56. The number of phenols is 1. The Labute approximate surface area is 114 Å². The molecule has 0 aliphatic carbocycles. The first-order valence-electron chi connectivity index (χ1n) is 6.76. The molecular formula is C15H23NO3. The molecule has 0 fully saturated rings. The summed E-state index contributed by atoms with van der Waals surface area (Å²) in [6, 6.07) is 4.94. The van der Waals surface area contributed by atoms with Crippen LogP contribution in [0.4, 0.5) is 0 Å². The van der Waals surface area contributed by atoms with Crippen LogP contribution < -0.4 is 4.74 Å². The fourth-order valence-electron chi connectivity index (χ4n) is 1.81. The van der Waals surface area contributed by atoms with Crippen molar-refractivity contribution in [3.05, 3.63) is 23.8 Å². The first-order valence-corrected chi connectivity index (χ1v) is 6.76. The highest BCUT2D eigenvalue weighted by atomic mass is 16.5. The molecule has 0 saturated carbocycles. The molecule has 0 bridgehead atoms. The van der Waals surface area contributed by atoms with Crippen LogP contribution in [0.15, 0.2) is 23.4 Å². The third kappa shape index (κ3) is 6.13. The molecular weight excluding hydrogens is 242 g/mol. The summed E-state index contributed by atoms with van der Waals surface area (Å²) in [5.74, 6) is 1.45. The van der Waals surface area contributed by atoms with Crippen molar-refractivity contribution < 1.29 is 15.1 Å². The van der Waals surface area contributed by atoms with Gasteiger partial charge >= 0.3 is 0 Å². The minimum absolute atomic E-state index is 0.0510. The lowest BCUT2D eigenvalue weighted by Gasteiger charge is -2.08. The van der Waals surface area contributed by atoms with E-state index in [1.54, 1.807) is 12.1 Å². The van der Waals surface area contributed by atoms with E-state index in [0.29, 0.717) is 17.9 Å². The van der Waals surface area contributed by atoms with Crippen LogP contribution in [-0.4, -0.2) is 23.1 Å². The number of oxime groups is 1. The highest BCUT2D eigenvalue weighted by Crippen LogP contribution is 2.22. The summed E-state index contributed by atoms with van der Waals surface area (Å²) in [6.45, 7) is 5.12. The molecule has 0 radical (unpaired) electrons. The van der Waals surface area contributed by atoms with Crippen LogP contribution in [0, 0.1) is 5.92 Å². The quantitative estimate of drug-likeness (QED) is 0.325. The molecule has 0 amide bonds. The molecule has 0 aromatic heterocycles. The Kier molecular flexibility index (Phi) is 6.79. The Morgan fingerprint density at radius 1 is 1.26 bits per heavy atom. The lowest BCUT2D eigenvalue weighted by Crippen LogP contribution is -1.98. The maximum atomic E-state index is 9.64. The van der Waals surface area contributed by atoms with Crippen molar-refractivity contribution in [3.63, 3.8) is 0 Å². The van der Waals surface area contributed by atoms with Crippen LogP contribution >= 0.6 is 0 Å². The second-order valence-corrected chi connectivity index (χ2v) is 5.06. The number of ether oxygens (including phenoxy) is 1. The van der Waals surface area contributed by atoms with Crippen LogP contribution in [0.25, 0.3) is 0 Å². The monoisotopic (exact) mass is 265 g/mol. The lowest BCUT2D eigenvalue weighted by atomic mass is 10.1. The molecule has 0 saturated heterocycles. The van der Waals surface area contributed by atoms with Gasteiger partial charge in [-0.05, 0) is 24.5 Å². The first kappa shape index (κ1) is 15.3. The molecule has 2 N–H and O–H groups in total. The zero-order valence-corrected chi connectivity index (χ0v) is 11.7. The highest BCUT2D eigenvalue weighted by Gasteiger charge is 2.02. The summed E-state index contributed by atoms with van der Waals surface area (Å²) in [5, 5.41) is 20.9. The third-order valence-electron chi connectivity index (χ3n) is 2.89. The Morgan fingerprint density at radius 3 is 2.68 bits per heavy atom. The molecule has 4 nitrogen and oxygen atoms in total. The molecule has 4 heteroatoms. The topological polar surface area (TPSA) is 62.0 Å². The molecule has 1 aromatic carbocycles. The zero-order valence-electron chi connectivity index (χ0n) is 11.7. The Morgan fingerprint density at radius 2 is 2.05 bits per heavy atom. The third-order valence-corrected chi connectivity index (χ3v) is 2.89. The summed E-state index contributed by atoms with van der Waals surface area (Å²) in [4.78, 5) is 0. The zero-order chi connectivity index (χ0) is 14.1. The SMILES string of the molecule is CC(C)CCCCCOc1ccc(C=NO)c(O)c1. The van der Waals surface area contributed by atoms with Gasteiger partial charge in [0.1, 0.15) is 11.5 Å². The van der Waals surface area contributed by atoms with Crippen molar-refractivity contribution in [2.24, 2.45) is 11.1 Å². The maximum absolute atomic E-state index is 9.64. The number of rotatable bonds is 8. The predicted octanol–water partition coefficient (Wildman–Crippen LogP) is 3.80. The average Bonchev–Trinajstić information content (AvgIpc) is 2.36. The lowest BCUT2D eigenvalue weighted by molar-refractivity contribution is 0.301. The van der Waals surface area contributed by atoms with Crippen LogP contribution in [0.1, 0.15) is 45.1 Å². The molecule has 1 rings (SSSR count). The molecule has 19 heavy (non-hydrogen) atoms. The van der Waals surface area contributed by atoms with E-state index in [1.165, 1.54) is 31.5 Å². The van der Waals surface area contributed by atoms with Crippen LogP contribution in [0.2, 0.25) is 0 Å². The van der Waals surface area contributed by atoms with E-state index < -0.39 is 0 Å². The minimum Gasteiger partial charge on any atom is -0.507 e. The molecule has 0 spiro atoms. The average molecular weight is 265 g/mol. The summed E-state index contributed by atoms with van der Waals surface area (Å²) in [7, 11) is 0. The number of phenolic OH excluding ortho intramolecular Hbond substituents is 1. The van der Waals surface area contributed by atoms with Gasteiger partial charge in [0, 0.05) is 11.6 Å². The van der Waals surface area contributed by atoms with Crippen LogP contribution in [0.3, 0.4) is 0 Å². The fraction of sp³-hybridized carbons (Fsp3) is 0.533. The van der Waals surface area contributed by atoms with E-state index in [9.17, 15) is 5.11 Å². The van der Waals surface area contributed by atoms with Crippen molar-refractivity contribution in [1.29, 1.82) is 0 Å². The summed E-state index contributed by atoms with van der Waals surface area (Å²) in [5.41, 5.74) is 0.465. The first-order chi connectivity index (χ1) is 9.13. The van der Waals surface area contributed by atoms with Gasteiger partial charge in [-0.1, -0.05) is 38.3 Å².